The van der Waals surface area contributed by atoms with Gasteiger partial charge in [-0.3, -0.25) is 14.6 Å². The van der Waals surface area contributed by atoms with Crippen molar-refractivity contribution in [1.82, 2.24) is 15.1 Å². The first kappa shape index (κ1) is 18.6. The number of fused-ring (bicyclic) bond motifs is 1. The molecule has 1 aromatic heterocycles. The lowest BCUT2D eigenvalue weighted by Gasteiger charge is -2.19. The molecule has 0 aliphatic carbocycles. The summed E-state index contributed by atoms with van der Waals surface area (Å²) in [5.41, 5.74) is 1.04. The van der Waals surface area contributed by atoms with Gasteiger partial charge in [-0.05, 0) is 36.4 Å². The molecule has 9 nitrogen and oxygen atoms in total. The Morgan fingerprint density at radius 3 is 2.60 bits per heavy atom. The first-order valence-electron chi connectivity index (χ1n) is 8.91. The lowest BCUT2D eigenvalue weighted by atomic mass is 10.1. The molecule has 2 atom stereocenters. The van der Waals surface area contributed by atoms with Crippen LogP contribution in [0.2, 0.25) is 0 Å². The summed E-state index contributed by atoms with van der Waals surface area (Å²) in [6.07, 6.45) is 0. The molecule has 1 fully saturated rings. The van der Waals surface area contributed by atoms with E-state index in [0.29, 0.717) is 5.82 Å². The third-order valence-electron chi connectivity index (χ3n) is 4.82. The Morgan fingerprint density at radius 2 is 1.83 bits per heavy atom. The average molecular weight is 471 g/mol. The van der Waals surface area contributed by atoms with Crippen LogP contribution in [-0.2, 0) is 16.1 Å². The third kappa shape index (κ3) is 2.98. The van der Waals surface area contributed by atoms with Crippen molar-refractivity contribution < 1.29 is 18.5 Å². The number of carbonyl (C=O) groups is 2. The van der Waals surface area contributed by atoms with Crippen molar-refractivity contribution in [2.75, 3.05) is 4.90 Å². The molecule has 0 radical (unpaired) electrons. The number of nitrogens with zero attached hydrogens (tertiary/aromatic N) is 6. The molecule has 2 aliphatic rings. The number of hydrogen-bond acceptors (Lipinski definition) is 8. The van der Waals surface area contributed by atoms with Crippen LogP contribution in [0.1, 0.15) is 5.89 Å². The van der Waals surface area contributed by atoms with Gasteiger partial charge in [0.15, 0.2) is 12.1 Å². The van der Waals surface area contributed by atoms with Crippen molar-refractivity contribution >= 4 is 33.4 Å². The van der Waals surface area contributed by atoms with Gasteiger partial charge in [0.25, 0.3) is 11.8 Å². The van der Waals surface area contributed by atoms with E-state index < -0.39 is 29.7 Å². The van der Waals surface area contributed by atoms with Gasteiger partial charge in [-0.2, -0.15) is 10.1 Å². The lowest BCUT2D eigenvalue weighted by Crippen LogP contribution is -2.39. The van der Waals surface area contributed by atoms with Gasteiger partial charge in [0.05, 0.1) is 5.69 Å². The first-order valence-corrected chi connectivity index (χ1v) is 9.70. The number of hydrogen-bond donors (Lipinski definition) is 0. The molecule has 0 N–H and O–H groups in total. The minimum absolute atomic E-state index is 0.0123. The van der Waals surface area contributed by atoms with Crippen molar-refractivity contribution in [1.29, 1.82) is 0 Å². The highest BCUT2D eigenvalue weighted by Gasteiger charge is 2.55. The van der Waals surface area contributed by atoms with E-state index in [9.17, 15) is 14.0 Å². The van der Waals surface area contributed by atoms with E-state index in [2.05, 4.69) is 36.4 Å². The van der Waals surface area contributed by atoms with Gasteiger partial charge in [0.2, 0.25) is 11.7 Å². The Labute approximate surface area is 177 Å². The Bertz CT molecular complexity index is 1180. The van der Waals surface area contributed by atoms with Crippen LogP contribution in [0.25, 0.3) is 11.4 Å². The number of carbonyl (C=O) groups excluding carboxylic acids is 2. The van der Waals surface area contributed by atoms with Gasteiger partial charge in [-0.25, -0.2) is 9.29 Å². The molecule has 5 rings (SSSR count). The molecule has 3 heterocycles. The van der Waals surface area contributed by atoms with Gasteiger partial charge >= 0.3 is 0 Å². The number of anilines is 1. The average Bonchev–Trinajstić information content (AvgIpc) is 3.42. The van der Waals surface area contributed by atoms with Crippen LogP contribution in [0.15, 0.2) is 67.9 Å². The molecular weight excluding hydrogens is 459 g/mol. The second-order valence-corrected chi connectivity index (χ2v) is 7.53. The van der Waals surface area contributed by atoms with Crippen molar-refractivity contribution in [2.45, 2.75) is 18.6 Å². The molecular formula is C19H12BrFN6O3. The maximum Gasteiger partial charge on any atom is 0.263 e. The molecule has 2 aliphatic heterocycles. The summed E-state index contributed by atoms with van der Waals surface area (Å²) in [5.74, 6) is -0.862. The van der Waals surface area contributed by atoms with Crippen LogP contribution in [0.4, 0.5) is 10.1 Å². The van der Waals surface area contributed by atoms with Gasteiger partial charge in [0.1, 0.15) is 12.4 Å². The van der Waals surface area contributed by atoms with E-state index in [1.54, 1.807) is 0 Å². The minimum atomic E-state index is -0.965. The normalized spacial score (nSPS) is 20.3. The third-order valence-corrected chi connectivity index (χ3v) is 5.51. The summed E-state index contributed by atoms with van der Waals surface area (Å²) >= 11 is 3.44. The fourth-order valence-corrected chi connectivity index (χ4v) is 3.87. The first-order chi connectivity index (χ1) is 14.5. The van der Waals surface area contributed by atoms with Crippen LogP contribution in [0, 0.1) is 5.82 Å². The van der Waals surface area contributed by atoms with Crippen LogP contribution in [0.5, 0.6) is 0 Å². The van der Waals surface area contributed by atoms with Crippen molar-refractivity contribution in [2.24, 2.45) is 10.3 Å². The Morgan fingerprint density at radius 1 is 1.07 bits per heavy atom. The topological polar surface area (TPSA) is 104 Å². The Balaban J connectivity index is 1.37. The molecule has 0 saturated carbocycles. The fourth-order valence-electron chi connectivity index (χ4n) is 3.41. The summed E-state index contributed by atoms with van der Waals surface area (Å²) in [6, 6.07) is 10.6. The van der Waals surface area contributed by atoms with E-state index in [-0.39, 0.29) is 18.1 Å². The highest BCUT2D eigenvalue weighted by molar-refractivity contribution is 9.10. The van der Waals surface area contributed by atoms with E-state index in [1.165, 1.54) is 29.3 Å². The SMILES string of the molecule is O=C1[C@@H]2[C@@H](N=NN2Cc2nc(-c3ccccc3Br)no2)C(=O)N1c1ccc(F)cc1. The zero-order chi connectivity index (χ0) is 20.8. The molecule has 150 valence electrons. The zero-order valence-corrected chi connectivity index (χ0v) is 16.7. The predicted octanol–water partition coefficient (Wildman–Crippen LogP) is 3.13. The largest absolute Gasteiger partial charge is 0.337 e. The summed E-state index contributed by atoms with van der Waals surface area (Å²) in [6.45, 7) is 0.0123. The lowest BCUT2D eigenvalue weighted by molar-refractivity contribution is -0.123. The number of rotatable bonds is 4. The minimum Gasteiger partial charge on any atom is -0.337 e. The van der Waals surface area contributed by atoms with Crippen LogP contribution >= 0.6 is 15.9 Å². The highest BCUT2D eigenvalue weighted by atomic mass is 79.9. The molecule has 0 bridgehead atoms. The van der Waals surface area contributed by atoms with Crippen LogP contribution in [-0.4, -0.2) is 39.0 Å². The van der Waals surface area contributed by atoms with Crippen molar-refractivity contribution in [3.8, 4) is 11.4 Å². The summed E-state index contributed by atoms with van der Waals surface area (Å²) < 4.78 is 19.3. The molecule has 30 heavy (non-hydrogen) atoms. The molecule has 2 amide bonds. The highest BCUT2D eigenvalue weighted by Crippen LogP contribution is 2.33. The van der Waals surface area contributed by atoms with E-state index >= 15 is 0 Å². The number of imide groups is 1. The van der Waals surface area contributed by atoms with Crippen molar-refractivity contribution in [3.05, 3.63) is 64.7 Å². The summed E-state index contributed by atoms with van der Waals surface area (Å²) in [7, 11) is 0. The maximum atomic E-state index is 13.2. The van der Waals surface area contributed by atoms with Crippen LogP contribution in [0.3, 0.4) is 0 Å². The smallest absolute Gasteiger partial charge is 0.263 e. The molecule has 2 aromatic carbocycles. The van der Waals surface area contributed by atoms with E-state index in [1.807, 2.05) is 24.3 Å². The van der Waals surface area contributed by atoms with Crippen LogP contribution < -0.4 is 4.90 Å². The number of benzene rings is 2. The monoisotopic (exact) mass is 470 g/mol. The van der Waals surface area contributed by atoms with Gasteiger partial charge in [-0.1, -0.05) is 38.4 Å². The molecule has 1 saturated heterocycles. The summed E-state index contributed by atoms with van der Waals surface area (Å²) in [5, 5.41) is 13.2. The second-order valence-electron chi connectivity index (χ2n) is 6.67. The standard InChI is InChI=1S/C19H12BrFN6O3/c20-13-4-2-1-3-12(13)17-22-14(30-24-17)9-26-16-15(23-25-26)18(28)27(19(16)29)11-7-5-10(21)6-8-11/h1-8,15-16H,9H2/t15-,16+/m1/s1. The second kappa shape index (κ2) is 7.10. The van der Waals surface area contributed by atoms with Gasteiger partial charge in [0, 0.05) is 10.0 Å². The molecule has 0 spiro atoms. The quantitative estimate of drug-likeness (QED) is 0.542. The molecule has 3 aromatic rings. The van der Waals surface area contributed by atoms with Gasteiger partial charge < -0.3 is 4.52 Å². The number of halogens is 2. The van der Waals surface area contributed by atoms with E-state index in [0.717, 1.165) is 14.9 Å². The van der Waals surface area contributed by atoms with E-state index in [4.69, 9.17) is 4.52 Å². The Kier molecular flexibility index (Phi) is 4.39. The van der Waals surface area contributed by atoms with Gasteiger partial charge in [-0.15, -0.1) is 0 Å². The molecule has 11 heteroatoms. The predicted molar refractivity (Wildman–Crippen MR) is 104 cm³/mol. The number of aromatic nitrogens is 2. The molecule has 0 unspecified atom stereocenters. The number of amides is 2. The Hall–Kier alpha value is -3.47. The zero-order valence-electron chi connectivity index (χ0n) is 15.1. The maximum absolute atomic E-state index is 13.2. The fraction of sp³-hybridized carbons (Fsp3) is 0.158. The summed E-state index contributed by atoms with van der Waals surface area (Å²) in [4.78, 5) is 31.0. The van der Waals surface area contributed by atoms with Crippen molar-refractivity contribution in [3.63, 3.8) is 0 Å².